The second-order valence-corrected chi connectivity index (χ2v) is 25.1. The minimum absolute atomic E-state index is 0.0193. The van der Waals surface area contributed by atoms with Gasteiger partial charge in [-0.3, -0.25) is 0 Å². The van der Waals surface area contributed by atoms with Gasteiger partial charge in [0.15, 0.2) is 0 Å². The van der Waals surface area contributed by atoms with Crippen LogP contribution in [0.5, 0.6) is 0 Å². The van der Waals surface area contributed by atoms with E-state index in [1.54, 1.807) is 0 Å². The summed E-state index contributed by atoms with van der Waals surface area (Å²) in [5, 5.41) is 5.62. The molecule has 0 spiro atoms. The highest BCUT2D eigenvalue weighted by molar-refractivity contribution is 6.31. The van der Waals surface area contributed by atoms with Gasteiger partial charge in [0.05, 0.1) is 22.1 Å². The normalized spacial score (nSPS) is 12.6. The fraction of sp³-hybridized carbons (Fsp3) is 0.229. The fourth-order valence-electron chi connectivity index (χ4n) is 10.9. The molecule has 4 nitrogen and oxygen atoms in total. The molecule has 2 aromatic heterocycles. The van der Waals surface area contributed by atoms with Crippen LogP contribution in [-0.2, 0) is 21.7 Å². The number of aromatic nitrogens is 2. The number of hydrogen-bond acceptors (Lipinski definition) is 2. The van der Waals surface area contributed by atoms with Gasteiger partial charge in [-0.25, -0.2) is 0 Å². The summed E-state index contributed by atoms with van der Waals surface area (Å²) in [5.74, 6) is 0. The summed E-state index contributed by atoms with van der Waals surface area (Å²) < 4.78 is 4.95. The van der Waals surface area contributed by atoms with E-state index in [1.165, 1.54) is 65.9 Å². The summed E-state index contributed by atoms with van der Waals surface area (Å²) in [6.45, 7) is 27.5. The van der Waals surface area contributed by atoms with Crippen LogP contribution in [0, 0.1) is 0 Å². The van der Waals surface area contributed by atoms with Crippen LogP contribution in [0.25, 0.3) is 55.0 Å². The van der Waals surface area contributed by atoms with Crippen molar-refractivity contribution in [1.82, 2.24) is 9.13 Å². The van der Waals surface area contributed by atoms with E-state index in [-0.39, 0.29) is 21.7 Å². The van der Waals surface area contributed by atoms with Gasteiger partial charge in [0.1, 0.15) is 0 Å². The Labute approximate surface area is 449 Å². The Balaban J connectivity index is 1.10. The predicted octanol–water partition coefficient (Wildman–Crippen LogP) is 20.7. The molecule has 0 unspecified atom stereocenters. The van der Waals surface area contributed by atoms with Crippen molar-refractivity contribution in [3.05, 3.63) is 227 Å². The smallest absolute Gasteiger partial charge is 0.0544 e. The zero-order valence-corrected chi connectivity index (χ0v) is 46.5. The van der Waals surface area contributed by atoms with Crippen LogP contribution < -0.4 is 9.80 Å². The number of para-hydroxylation sites is 2. The third-order valence-electron chi connectivity index (χ3n) is 15.1. The van der Waals surface area contributed by atoms with Crippen LogP contribution in [-0.4, -0.2) is 9.13 Å². The number of nitrogens with zero attached hydrogens (tertiary/aromatic N) is 4. The molecule has 5 heteroatoms. The molecule has 376 valence electrons. The summed E-state index contributed by atoms with van der Waals surface area (Å²) >= 11 is 7.42. The predicted molar refractivity (Wildman–Crippen MR) is 324 cm³/mol. The Morgan fingerprint density at radius 1 is 0.280 bits per heavy atom. The highest BCUT2D eigenvalue weighted by Gasteiger charge is 2.25. The minimum Gasteiger partial charge on any atom is -0.310 e. The minimum atomic E-state index is -0.0193. The molecule has 2 heterocycles. The molecule has 0 N–H and O–H groups in total. The summed E-state index contributed by atoms with van der Waals surface area (Å²) in [7, 11) is 0. The first-order valence-corrected chi connectivity index (χ1v) is 26.9. The molecule has 0 amide bonds. The van der Waals surface area contributed by atoms with Crippen LogP contribution in [0.2, 0.25) is 5.02 Å². The maximum absolute atomic E-state index is 7.42. The first-order valence-electron chi connectivity index (χ1n) is 26.5. The molecule has 0 radical (unpaired) electrons. The highest BCUT2D eigenvalue weighted by atomic mass is 35.5. The molecule has 75 heavy (non-hydrogen) atoms. The second kappa shape index (κ2) is 18.4. The van der Waals surface area contributed by atoms with Crippen molar-refractivity contribution in [2.24, 2.45) is 0 Å². The van der Waals surface area contributed by atoms with Crippen LogP contribution >= 0.6 is 11.6 Å². The maximum atomic E-state index is 7.42. The van der Waals surface area contributed by atoms with E-state index in [2.05, 4.69) is 302 Å². The van der Waals surface area contributed by atoms with Crippen molar-refractivity contribution < 1.29 is 0 Å². The molecule has 0 atom stereocenters. The van der Waals surface area contributed by atoms with Gasteiger partial charge in [-0.05, 0) is 147 Å². The Hall–Kier alpha value is -7.53. The summed E-state index contributed by atoms with van der Waals surface area (Å²) in [6, 6.07) is 73.9. The fourth-order valence-corrected chi connectivity index (χ4v) is 11.1. The lowest BCUT2D eigenvalue weighted by molar-refractivity contribution is 0.590. The third kappa shape index (κ3) is 9.29. The van der Waals surface area contributed by atoms with E-state index < -0.39 is 0 Å². The molecule has 0 saturated heterocycles. The molecule has 11 rings (SSSR count). The van der Waals surface area contributed by atoms with Crippen LogP contribution in [0.15, 0.2) is 200 Å². The van der Waals surface area contributed by atoms with Gasteiger partial charge in [-0.2, -0.15) is 0 Å². The van der Waals surface area contributed by atoms with Crippen LogP contribution in [0.3, 0.4) is 0 Å². The van der Waals surface area contributed by atoms with E-state index in [0.29, 0.717) is 5.02 Å². The van der Waals surface area contributed by atoms with E-state index in [9.17, 15) is 0 Å². The van der Waals surface area contributed by atoms with Gasteiger partial charge in [0.2, 0.25) is 0 Å². The highest BCUT2D eigenvalue weighted by Crippen LogP contribution is 2.45. The summed E-state index contributed by atoms with van der Waals surface area (Å²) in [5.41, 5.74) is 18.1. The van der Waals surface area contributed by atoms with Crippen molar-refractivity contribution in [1.29, 1.82) is 0 Å². The Morgan fingerprint density at radius 3 is 0.867 bits per heavy atom. The second-order valence-electron chi connectivity index (χ2n) is 24.6. The Morgan fingerprint density at radius 2 is 0.573 bits per heavy atom. The quantitative estimate of drug-likeness (QED) is 0.151. The lowest BCUT2D eigenvalue weighted by Gasteiger charge is -2.30. The summed E-state index contributed by atoms with van der Waals surface area (Å²) in [4.78, 5) is 4.68. The van der Waals surface area contributed by atoms with Crippen molar-refractivity contribution in [3.63, 3.8) is 0 Å². The van der Waals surface area contributed by atoms with Crippen LogP contribution in [0.1, 0.15) is 105 Å². The monoisotopic (exact) mass is 1000 g/mol. The molecule has 0 aliphatic heterocycles. The lowest BCUT2D eigenvalue weighted by atomic mass is 9.86. The molecule has 0 aliphatic rings. The number of rotatable bonds is 8. The maximum Gasteiger partial charge on any atom is 0.0544 e. The average Bonchev–Trinajstić information content (AvgIpc) is 3.88. The van der Waals surface area contributed by atoms with Gasteiger partial charge in [0.25, 0.3) is 0 Å². The molecular weight excluding hydrogens is 932 g/mol. The number of anilines is 6. The molecule has 9 aromatic carbocycles. The topological polar surface area (TPSA) is 16.3 Å². The van der Waals surface area contributed by atoms with Crippen molar-refractivity contribution in [3.8, 4) is 11.4 Å². The molecular formula is C70H69ClN4. The van der Waals surface area contributed by atoms with Crippen LogP contribution in [0.4, 0.5) is 34.1 Å². The third-order valence-corrected chi connectivity index (χ3v) is 15.3. The largest absolute Gasteiger partial charge is 0.310 e. The van der Waals surface area contributed by atoms with Gasteiger partial charge in [-0.15, -0.1) is 0 Å². The standard InChI is InChI=1S/C70H69ClN4/c1-67(2,3)46-29-33-59-60-34-30-47(68(4,5)6)38-64(60)74(63(59)37-46)55-27-19-25-53(43-55)72(51-21-15-13-16-22-51)57-41-50(71)42-58(45-57)73(52-23-17-14-18-24-52)54-26-20-28-56(44-54)75-65-39-48(69(7,8)9)31-35-61(65)62-36-32-49(40-66(62)75)70(10,11)12/h13-45H,1-12H3. The number of hydrogen-bond donors (Lipinski definition) is 0. The van der Waals surface area contributed by atoms with Crippen molar-refractivity contribution >= 4 is 89.3 Å². The molecule has 0 bridgehead atoms. The van der Waals surface area contributed by atoms with Gasteiger partial charge >= 0.3 is 0 Å². The number of benzene rings is 9. The Kier molecular flexibility index (Phi) is 12.2. The van der Waals surface area contributed by atoms with Gasteiger partial charge < -0.3 is 18.9 Å². The van der Waals surface area contributed by atoms with E-state index in [4.69, 9.17) is 11.6 Å². The van der Waals surface area contributed by atoms with Crippen molar-refractivity contribution in [2.45, 2.75) is 105 Å². The first kappa shape index (κ1) is 49.7. The molecule has 0 aliphatic carbocycles. The summed E-state index contributed by atoms with van der Waals surface area (Å²) in [6.07, 6.45) is 0. The SMILES string of the molecule is CC(C)(C)c1ccc2c3ccc(C(C)(C)C)cc3n(-c3cccc(N(c4ccccc4)c4cc(Cl)cc(N(c5ccccc5)c5cccc(-n6c7cc(C(C)(C)C)ccc7c7ccc(C(C)(C)C)cc76)c5)c4)c3)c2c1. The zero-order valence-electron chi connectivity index (χ0n) is 45.7. The van der Waals surface area contributed by atoms with E-state index >= 15 is 0 Å². The zero-order chi connectivity index (χ0) is 52.8. The molecule has 0 saturated carbocycles. The lowest BCUT2D eigenvalue weighted by Crippen LogP contribution is -2.14. The van der Waals surface area contributed by atoms with Gasteiger partial charge in [0, 0.05) is 72.1 Å². The Bertz CT molecular complexity index is 3540. The van der Waals surface area contributed by atoms with E-state index in [1.807, 2.05) is 0 Å². The molecule has 11 aromatic rings. The van der Waals surface area contributed by atoms with Crippen molar-refractivity contribution in [2.75, 3.05) is 9.80 Å². The number of halogens is 1. The first-order chi connectivity index (χ1) is 35.6. The average molecular weight is 1000 g/mol. The van der Waals surface area contributed by atoms with Gasteiger partial charge in [-0.1, -0.05) is 192 Å². The molecule has 0 fully saturated rings. The number of fused-ring (bicyclic) bond motifs is 6. The van der Waals surface area contributed by atoms with E-state index in [0.717, 1.165) is 45.5 Å².